The lowest BCUT2D eigenvalue weighted by Gasteiger charge is -2.52. The fraction of sp³-hybridized carbons (Fsp3) is 0.700. The minimum atomic E-state index is -3.99. The molecule has 27 heavy (non-hydrogen) atoms. The Morgan fingerprint density at radius 3 is 2.67 bits per heavy atom. The Balaban J connectivity index is 1.44. The Bertz CT molecular complexity index is 863. The molecule has 1 heterocycles. The Kier molecular flexibility index (Phi) is 3.93. The van der Waals surface area contributed by atoms with Crippen LogP contribution in [0.3, 0.4) is 0 Å². The van der Waals surface area contributed by atoms with E-state index in [-0.39, 0.29) is 11.2 Å². The maximum Gasteiger partial charge on any atom is 0.380 e. The minimum Gasteiger partial charge on any atom is -0.371 e. The molecule has 1 saturated heterocycles. The fourth-order valence-electron chi connectivity index (χ4n) is 6.63. The zero-order valence-corrected chi connectivity index (χ0v) is 16.5. The van der Waals surface area contributed by atoms with Crippen molar-refractivity contribution in [1.29, 1.82) is 0 Å². The molecule has 1 aromatic carbocycles. The van der Waals surface area contributed by atoms with Gasteiger partial charge in [-0.05, 0) is 73.1 Å². The number of benzene rings is 1. The molecule has 0 bridgehead atoms. The first-order valence-corrected chi connectivity index (χ1v) is 11.4. The van der Waals surface area contributed by atoms with Gasteiger partial charge in [0.2, 0.25) is 0 Å². The van der Waals surface area contributed by atoms with E-state index in [0.29, 0.717) is 36.7 Å². The number of rotatable bonds is 2. The second-order valence-corrected chi connectivity index (χ2v) is 9.95. The van der Waals surface area contributed by atoms with E-state index in [2.05, 4.69) is 6.92 Å². The molecule has 0 aromatic heterocycles. The van der Waals surface area contributed by atoms with Crippen molar-refractivity contribution >= 4 is 10.3 Å². The van der Waals surface area contributed by atoms with Crippen molar-refractivity contribution in [2.75, 3.05) is 13.2 Å². The predicted molar refractivity (Wildman–Crippen MR) is 99.4 cm³/mol. The van der Waals surface area contributed by atoms with Gasteiger partial charge in [0, 0.05) is 11.8 Å². The fourth-order valence-corrected chi connectivity index (χ4v) is 7.00. The summed E-state index contributed by atoms with van der Waals surface area (Å²) in [6, 6.07) is 5.63. The van der Waals surface area contributed by atoms with Crippen LogP contribution in [-0.4, -0.2) is 27.4 Å². The summed E-state index contributed by atoms with van der Waals surface area (Å²) in [6.07, 6.45) is 6.46. The van der Waals surface area contributed by atoms with Crippen LogP contribution in [-0.2, 0) is 26.2 Å². The van der Waals surface area contributed by atoms with E-state index in [9.17, 15) is 8.42 Å². The summed E-state index contributed by atoms with van der Waals surface area (Å²) in [5.41, 5.74) is 2.64. The van der Waals surface area contributed by atoms with Gasteiger partial charge in [0.15, 0.2) is 5.79 Å². The summed E-state index contributed by atoms with van der Waals surface area (Å²) in [5, 5.41) is 5.01. The number of hydrogen-bond acceptors (Lipinski definition) is 5. The molecule has 4 aliphatic rings. The number of ether oxygens (including phenoxy) is 2. The molecule has 3 aliphatic carbocycles. The molecule has 4 atom stereocenters. The number of fused-ring (bicyclic) bond motifs is 6. The normalized spacial score (nSPS) is 36.9. The Labute approximate surface area is 160 Å². The van der Waals surface area contributed by atoms with Gasteiger partial charge in [0.25, 0.3) is 0 Å². The largest absolute Gasteiger partial charge is 0.380 e. The van der Waals surface area contributed by atoms with E-state index in [0.717, 1.165) is 32.1 Å². The van der Waals surface area contributed by atoms with Crippen LogP contribution in [0.25, 0.3) is 0 Å². The second kappa shape index (κ2) is 5.92. The first-order chi connectivity index (χ1) is 12.8. The molecule has 6 nitrogen and oxygen atoms in total. The highest BCUT2D eigenvalue weighted by atomic mass is 32.2. The van der Waals surface area contributed by atoms with Crippen LogP contribution in [0.1, 0.15) is 56.1 Å². The lowest BCUT2D eigenvalue weighted by molar-refractivity contribution is -0.237. The van der Waals surface area contributed by atoms with Gasteiger partial charge in [-0.25, -0.2) is 0 Å². The lowest BCUT2D eigenvalue weighted by atomic mass is 9.55. The molecule has 5 rings (SSSR count). The van der Waals surface area contributed by atoms with Gasteiger partial charge in [-0.15, -0.1) is 0 Å². The average Bonchev–Trinajstić information content (AvgIpc) is 3.20. The van der Waals surface area contributed by atoms with Gasteiger partial charge in [-0.3, -0.25) is 0 Å². The molecule has 0 radical (unpaired) electrons. The van der Waals surface area contributed by atoms with Crippen LogP contribution < -0.4 is 9.32 Å². The van der Waals surface area contributed by atoms with E-state index in [1.54, 1.807) is 6.07 Å². The van der Waals surface area contributed by atoms with Crippen molar-refractivity contribution < 1.29 is 22.1 Å². The molecule has 148 valence electrons. The van der Waals surface area contributed by atoms with Gasteiger partial charge >= 0.3 is 10.3 Å². The van der Waals surface area contributed by atoms with Crippen LogP contribution in [0.4, 0.5) is 0 Å². The molecule has 3 fully saturated rings. The number of hydrogen-bond donors (Lipinski definition) is 1. The Morgan fingerprint density at radius 2 is 1.93 bits per heavy atom. The first-order valence-electron chi connectivity index (χ1n) is 9.94. The Hall–Kier alpha value is -1.15. The SMILES string of the molecule is C[C@]12CC[C@@H]3c4ccc(OS(N)(=O)=O)cc4CC[C@H]3[C@@H]1CCC21OCCO1. The summed E-state index contributed by atoms with van der Waals surface area (Å²) < 4.78 is 39.6. The highest BCUT2D eigenvalue weighted by molar-refractivity contribution is 7.84. The summed E-state index contributed by atoms with van der Waals surface area (Å²) in [7, 11) is -3.99. The van der Waals surface area contributed by atoms with Crippen molar-refractivity contribution in [2.24, 2.45) is 22.4 Å². The van der Waals surface area contributed by atoms with Gasteiger partial charge in [0.1, 0.15) is 5.75 Å². The third kappa shape index (κ3) is 2.66. The molecular formula is C20H27NO5S. The summed E-state index contributed by atoms with van der Waals surface area (Å²) in [6.45, 7) is 3.81. The molecule has 1 spiro atoms. The smallest absolute Gasteiger partial charge is 0.371 e. The first kappa shape index (κ1) is 17.9. The van der Waals surface area contributed by atoms with Crippen molar-refractivity contribution in [3.05, 3.63) is 29.3 Å². The summed E-state index contributed by atoms with van der Waals surface area (Å²) in [5.74, 6) is 1.71. The molecular weight excluding hydrogens is 366 g/mol. The highest BCUT2D eigenvalue weighted by Crippen LogP contribution is 2.66. The molecule has 7 heteroatoms. The van der Waals surface area contributed by atoms with Crippen LogP contribution in [0.5, 0.6) is 5.75 Å². The predicted octanol–water partition coefficient (Wildman–Crippen LogP) is 2.87. The summed E-state index contributed by atoms with van der Waals surface area (Å²) >= 11 is 0. The van der Waals surface area contributed by atoms with Crippen molar-refractivity contribution in [3.8, 4) is 5.75 Å². The zero-order chi connectivity index (χ0) is 18.9. The topological polar surface area (TPSA) is 87.9 Å². The molecule has 0 unspecified atom stereocenters. The van der Waals surface area contributed by atoms with Gasteiger partial charge in [-0.1, -0.05) is 13.0 Å². The van der Waals surface area contributed by atoms with E-state index in [1.807, 2.05) is 12.1 Å². The maximum atomic E-state index is 11.2. The van der Waals surface area contributed by atoms with Crippen LogP contribution in [0.2, 0.25) is 0 Å². The third-order valence-corrected chi connectivity index (χ3v) is 8.13. The molecule has 1 aromatic rings. The maximum absolute atomic E-state index is 11.2. The number of nitrogens with two attached hydrogens (primary N) is 1. The molecule has 2 saturated carbocycles. The van der Waals surface area contributed by atoms with E-state index in [1.165, 1.54) is 17.5 Å². The highest BCUT2D eigenvalue weighted by Gasteiger charge is 2.64. The second-order valence-electron chi connectivity index (χ2n) is 8.80. The average molecular weight is 394 g/mol. The number of aryl methyl sites for hydroxylation is 1. The molecule has 1 aliphatic heterocycles. The molecule has 2 N–H and O–H groups in total. The quantitative estimate of drug-likeness (QED) is 0.835. The molecule has 0 amide bonds. The Morgan fingerprint density at radius 1 is 1.15 bits per heavy atom. The van der Waals surface area contributed by atoms with Crippen molar-refractivity contribution in [2.45, 2.75) is 57.2 Å². The summed E-state index contributed by atoms with van der Waals surface area (Å²) in [4.78, 5) is 0. The van der Waals surface area contributed by atoms with Gasteiger partial charge in [-0.2, -0.15) is 13.6 Å². The van der Waals surface area contributed by atoms with Crippen molar-refractivity contribution in [1.82, 2.24) is 0 Å². The van der Waals surface area contributed by atoms with Crippen LogP contribution in [0, 0.1) is 17.3 Å². The minimum absolute atomic E-state index is 0.0961. The monoisotopic (exact) mass is 393 g/mol. The lowest BCUT2D eigenvalue weighted by Crippen LogP contribution is -2.51. The van der Waals surface area contributed by atoms with Crippen molar-refractivity contribution in [3.63, 3.8) is 0 Å². The standard InChI is InChI=1S/C20H27NO5S/c1-19-8-6-16-15-5-3-14(26-27(21,22)23)12-13(15)2-4-17(16)18(19)7-9-20(19)24-10-11-25-20/h3,5,12,16-18H,2,4,6-11H2,1H3,(H2,21,22,23)/t16-,17-,18+,19+/m1/s1. The van der Waals surface area contributed by atoms with Crippen LogP contribution in [0.15, 0.2) is 18.2 Å². The van der Waals surface area contributed by atoms with Crippen LogP contribution >= 0.6 is 0 Å². The van der Waals surface area contributed by atoms with E-state index >= 15 is 0 Å². The van der Waals surface area contributed by atoms with Gasteiger partial charge in [0.05, 0.1) is 13.2 Å². The van der Waals surface area contributed by atoms with Gasteiger partial charge < -0.3 is 13.7 Å². The van der Waals surface area contributed by atoms with E-state index < -0.39 is 10.3 Å². The van der Waals surface area contributed by atoms with E-state index in [4.69, 9.17) is 18.8 Å². The zero-order valence-electron chi connectivity index (χ0n) is 15.6. The third-order valence-electron chi connectivity index (χ3n) is 7.71.